The summed E-state index contributed by atoms with van der Waals surface area (Å²) in [5.41, 5.74) is 0.981. The van der Waals surface area contributed by atoms with E-state index in [0.717, 1.165) is 11.6 Å². The molecule has 2 aromatic rings. The Hall–Kier alpha value is -1.82. The van der Waals surface area contributed by atoms with E-state index in [0.29, 0.717) is 10.0 Å². The van der Waals surface area contributed by atoms with Gasteiger partial charge in [0.2, 0.25) is 0 Å². The molecule has 2 rings (SSSR count). The third-order valence-corrected chi connectivity index (χ3v) is 3.12. The minimum Gasteiger partial charge on any atom is -0.405 e. The van der Waals surface area contributed by atoms with E-state index in [-0.39, 0.29) is 5.56 Å². The molecule has 0 radical (unpaired) electrons. The fourth-order valence-electron chi connectivity index (χ4n) is 1.89. The normalized spacial score (nSPS) is 11.3. The van der Waals surface area contributed by atoms with E-state index >= 15 is 0 Å². The van der Waals surface area contributed by atoms with Crippen molar-refractivity contribution in [3.8, 4) is 5.75 Å². The van der Waals surface area contributed by atoms with Gasteiger partial charge in [0.1, 0.15) is 5.75 Å². The number of ether oxygens (including phenoxy) is 1. The molecule has 0 unspecified atom stereocenters. The van der Waals surface area contributed by atoms with Crippen LogP contribution in [0.2, 0.25) is 0 Å². The molecule has 6 heteroatoms. The van der Waals surface area contributed by atoms with Crippen molar-refractivity contribution in [1.29, 1.82) is 0 Å². The zero-order valence-electron chi connectivity index (χ0n) is 10.9. The largest absolute Gasteiger partial charge is 0.573 e. The number of ketones is 1. The Morgan fingerprint density at radius 1 is 1.14 bits per heavy atom. The number of carbonyl (C=O) groups is 1. The minimum atomic E-state index is -4.84. The van der Waals surface area contributed by atoms with E-state index in [1.165, 1.54) is 18.2 Å². The summed E-state index contributed by atoms with van der Waals surface area (Å²) in [6.07, 6.45) is -4.84. The first-order valence-corrected chi connectivity index (χ1v) is 6.72. The van der Waals surface area contributed by atoms with Gasteiger partial charge in [0.05, 0.1) is 5.56 Å². The smallest absolute Gasteiger partial charge is 0.405 e. The molecule has 0 fully saturated rings. The van der Waals surface area contributed by atoms with E-state index in [1.54, 1.807) is 25.1 Å². The summed E-state index contributed by atoms with van der Waals surface area (Å²) >= 11 is 3.26. The average molecular weight is 359 g/mol. The number of para-hydroxylation sites is 1. The molecule has 110 valence electrons. The van der Waals surface area contributed by atoms with E-state index in [1.807, 2.05) is 0 Å². The summed E-state index contributed by atoms with van der Waals surface area (Å²) in [7, 11) is 0. The highest BCUT2D eigenvalue weighted by molar-refractivity contribution is 9.10. The van der Waals surface area contributed by atoms with Crippen molar-refractivity contribution in [3.05, 3.63) is 63.6 Å². The topological polar surface area (TPSA) is 26.3 Å². The maximum atomic E-state index is 12.4. The van der Waals surface area contributed by atoms with Crippen LogP contribution in [0.3, 0.4) is 0 Å². The van der Waals surface area contributed by atoms with Gasteiger partial charge in [-0.1, -0.05) is 28.1 Å². The number of halogens is 4. The standard InChI is InChI=1S/C15H10BrF3O2/c1-9-6-10(8-11(16)7-9)14(20)12-4-2-3-5-13(12)21-15(17,18)19/h2-8H,1H3. The number of benzene rings is 2. The Bertz CT molecular complexity index is 661. The highest BCUT2D eigenvalue weighted by atomic mass is 79.9. The Morgan fingerprint density at radius 2 is 1.81 bits per heavy atom. The number of hydrogen-bond acceptors (Lipinski definition) is 2. The summed E-state index contributed by atoms with van der Waals surface area (Å²) in [6.45, 7) is 1.79. The van der Waals surface area contributed by atoms with Gasteiger partial charge in [-0.05, 0) is 42.8 Å². The molecule has 0 saturated heterocycles. The Kier molecular flexibility index (Phi) is 4.37. The number of alkyl halides is 3. The Morgan fingerprint density at radius 3 is 2.43 bits per heavy atom. The van der Waals surface area contributed by atoms with Crippen LogP contribution in [0, 0.1) is 6.92 Å². The molecule has 0 aliphatic rings. The zero-order chi connectivity index (χ0) is 15.6. The molecule has 0 saturated carbocycles. The van der Waals surface area contributed by atoms with Crippen molar-refractivity contribution < 1.29 is 22.7 Å². The van der Waals surface area contributed by atoms with E-state index in [4.69, 9.17) is 0 Å². The van der Waals surface area contributed by atoms with Gasteiger partial charge in [-0.15, -0.1) is 13.2 Å². The van der Waals surface area contributed by atoms with Crippen LogP contribution in [-0.2, 0) is 0 Å². The van der Waals surface area contributed by atoms with Crippen LogP contribution in [0.4, 0.5) is 13.2 Å². The van der Waals surface area contributed by atoms with Gasteiger partial charge in [-0.2, -0.15) is 0 Å². The summed E-state index contributed by atoms with van der Waals surface area (Å²) in [5, 5.41) is 0. The average Bonchev–Trinajstić information content (AvgIpc) is 2.35. The molecule has 0 heterocycles. The van der Waals surface area contributed by atoms with Crippen molar-refractivity contribution in [2.24, 2.45) is 0 Å². The first kappa shape index (κ1) is 15.6. The lowest BCUT2D eigenvalue weighted by molar-refractivity contribution is -0.274. The number of aryl methyl sites for hydroxylation is 1. The predicted octanol–water partition coefficient (Wildman–Crippen LogP) is 4.89. The Labute approximate surface area is 127 Å². The summed E-state index contributed by atoms with van der Waals surface area (Å²) in [4.78, 5) is 12.4. The lowest BCUT2D eigenvalue weighted by Gasteiger charge is -2.12. The molecule has 0 aromatic heterocycles. The second-order valence-electron chi connectivity index (χ2n) is 4.39. The van der Waals surface area contributed by atoms with Gasteiger partial charge in [-0.25, -0.2) is 0 Å². The molecule has 0 aliphatic heterocycles. The first-order chi connectivity index (χ1) is 9.76. The van der Waals surface area contributed by atoms with Crippen LogP contribution in [0.5, 0.6) is 5.75 Å². The van der Waals surface area contributed by atoms with E-state index < -0.39 is 17.9 Å². The molecule has 21 heavy (non-hydrogen) atoms. The van der Waals surface area contributed by atoms with Crippen molar-refractivity contribution >= 4 is 21.7 Å². The third kappa shape index (κ3) is 4.07. The summed E-state index contributed by atoms with van der Waals surface area (Å²) < 4.78 is 41.7. The van der Waals surface area contributed by atoms with Gasteiger partial charge in [-0.3, -0.25) is 4.79 Å². The van der Waals surface area contributed by atoms with Gasteiger partial charge in [0.25, 0.3) is 0 Å². The second-order valence-corrected chi connectivity index (χ2v) is 5.31. The summed E-state index contributed by atoms with van der Waals surface area (Å²) in [5.74, 6) is -1.04. The van der Waals surface area contributed by atoms with Gasteiger partial charge >= 0.3 is 6.36 Å². The van der Waals surface area contributed by atoms with Crippen LogP contribution in [0.15, 0.2) is 46.9 Å². The monoisotopic (exact) mass is 358 g/mol. The van der Waals surface area contributed by atoms with Gasteiger partial charge < -0.3 is 4.74 Å². The molecule has 0 spiro atoms. The second kappa shape index (κ2) is 5.89. The van der Waals surface area contributed by atoms with Crippen LogP contribution >= 0.6 is 15.9 Å². The highest BCUT2D eigenvalue weighted by Crippen LogP contribution is 2.28. The van der Waals surface area contributed by atoms with Crippen molar-refractivity contribution in [1.82, 2.24) is 0 Å². The molecule has 0 bridgehead atoms. The maximum Gasteiger partial charge on any atom is 0.573 e. The number of rotatable bonds is 3. The van der Waals surface area contributed by atoms with E-state index in [2.05, 4.69) is 20.7 Å². The maximum absolute atomic E-state index is 12.4. The minimum absolute atomic E-state index is 0.132. The fourth-order valence-corrected chi connectivity index (χ4v) is 2.50. The molecule has 2 nitrogen and oxygen atoms in total. The van der Waals surface area contributed by atoms with Crippen LogP contribution in [0.1, 0.15) is 21.5 Å². The molecule has 0 amide bonds. The highest BCUT2D eigenvalue weighted by Gasteiger charge is 2.32. The number of carbonyl (C=O) groups excluding carboxylic acids is 1. The van der Waals surface area contributed by atoms with Gasteiger partial charge in [0, 0.05) is 10.0 Å². The first-order valence-electron chi connectivity index (χ1n) is 5.93. The van der Waals surface area contributed by atoms with E-state index in [9.17, 15) is 18.0 Å². The van der Waals surface area contributed by atoms with Crippen LogP contribution < -0.4 is 4.74 Å². The summed E-state index contributed by atoms with van der Waals surface area (Å²) in [6, 6.07) is 10.3. The lowest BCUT2D eigenvalue weighted by atomic mass is 10.0. The molecular formula is C15H10BrF3O2. The molecule has 0 N–H and O–H groups in total. The molecule has 0 atom stereocenters. The van der Waals surface area contributed by atoms with Crippen molar-refractivity contribution in [2.75, 3.05) is 0 Å². The molecular weight excluding hydrogens is 349 g/mol. The lowest BCUT2D eigenvalue weighted by Crippen LogP contribution is -2.19. The van der Waals surface area contributed by atoms with Crippen LogP contribution in [-0.4, -0.2) is 12.1 Å². The molecule has 0 aliphatic carbocycles. The third-order valence-electron chi connectivity index (χ3n) is 2.66. The van der Waals surface area contributed by atoms with Crippen molar-refractivity contribution in [2.45, 2.75) is 13.3 Å². The Balaban J connectivity index is 2.44. The quantitative estimate of drug-likeness (QED) is 0.730. The van der Waals surface area contributed by atoms with Crippen LogP contribution in [0.25, 0.3) is 0 Å². The fraction of sp³-hybridized carbons (Fsp3) is 0.133. The zero-order valence-corrected chi connectivity index (χ0v) is 12.5. The van der Waals surface area contributed by atoms with Gasteiger partial charge in [0.15, 0.2) is 5.78 Å². The SMILES string of the molecule is Cc1cc(Br)cc(C(=O)c2ccccc2OC(F)(F)F)c1. The number of hydrogen-bond donors (Lipinski definition) is 0. The van der Waals surface area contributed by atoms with Crippen molar-refractivity contribution in [3.63, 3.8) is 0 Å². The predicted molar refractivity (Wildman–Crippen MR) is 75.4 cm³/mol. The molecule has 2 aromatic carbocycles.